The first-order valence-corrected chi connectivity index (χ1v) is 9.24. The summed E-state index contributed by atoms with van der Waals surface area (Å²) in [6, 6.07) is 6.66. The Labute approximate surface area is 132 Å². The maximum absolute atomic E-state index is 12.4. The van der Waals surface area contributed by atoms with Crippen molar-refractivity contribution in [3.8, 4) is 0 Å². The molecular formula is C16H24N2O3S. The molecule has 0 spiro atoms. The van der Waals surface area contributed by atoms with Crippen molar-refractivity contribution in [2.75, 3.05) is 13.1 Å². The van der Waals surface area contributed by atoms with E-state index < -0.39 is 10.0 Å². The SMILES string of the molecule is CCN(CC)S(=O)(=O)c1ccc([C@@H](C)NC(=O)C2CC2)cc1. The summed E-state index contributed by atoms with van der Waals surface area (Å²) in [6.07, 6.45) is 1.94. The van der Waals surface area contributed by atoms with Gasteiger partial charge in [-0.25, -0.2) is 8.42 Å². The highest BCUT2D eigenvalue weighted by Crippen LogP contribution is 2.30. The number of nitrogens with zero attached hydrogens (tertiary/aromatic N) is 1. The van der Waals surface area contributed by atoms with Crippen LogP contribution in [0, 0.1) is 5.92 Å². The van der Waals surface area contributed by atoms with Crippen LogP contribution in [0.5, 0.6) is 0 Å². The van der Waals surface area contributed by atoms with Gasteiger partial charge >= 0.3 is 0 Å². The minimum Gasteiger partial charge on any atom is -0.349 e. The molecule has 22 heavy (non-hydrogen) atoms. The van der Waals surface area contributed by atoms with Gasteiger partial charge in [-0.2, -0.15) is 4.31 Å². The van der Waals surface area contributed by atoms with E-state index in [0.29, 0.717) is 18.0 Å². The van der Waals surface area contributed by atoms with Crippen LogP contribution in [0.4, 0.5) is 0 Å². The Morgan fingerprint density at radius 2 is 1.77 bits per heavy atom. The van der Waals surface area contributed by atoms with Gasteiger partial charge in [-0.1, -0.05) is 26.0 Å². The second-order valence-corrected chi connectivity index (χ2v) is 7.60. The maximum Gasteiger partial charge on any atom is 0.243 e. The number of sulfonamides is 1. The number of hydrogen-bond donors (Lipinski definition) is 1. The third kappa shape index (κ3) is 3.67. The third-order valence-corrected chi connectivity index (χ3v) is 6.09. The number of nitrogens with one attached hydrogen (secondary N) is 1. The molecule has 1 aromatic carbocycles. The number of carbonyl (C=O) groups excluding carboxylic acids is 1. The molecule has 0 aromatic heterocycles. The summed E-state index contributed by atoms with van der Waals surface area (Å²) >= 11 is 0. The van der Waals surface area contributed by atoms with Crippen molar-refractivity contribution in [1.82, 2.24) is 9.62 Å². The second kappa shape index (κ2) is 6.79. The summed E-state index contributed by atoms with van der Waals surface area (Å²) in [6.45, 7) is 6.47. The Balaban J connectivity index is 2.10. The molecule has 122 valence electrons. The van der Waals surface area contributed by atoms with Crippen molar-refractivity contribution in [2.45, 2.75) is 44.6 Å². The van der Waals surface area contributed by atoms with Gasteiger partial charge in [0.25, 0.3) is 0 Å². The Hall–Kier alpha value is -1.40. The van der Waals surface area contributed by atoms with Crippen molar-refractivity contribution < 1.29 is 13.2 Å². The number of carbonyl (C=O) groups is 1. The van der Waals surface area contributed by atoms with E-state index in [-0.39, 0.29) is 17.9 Å². The van der Waals surface area contributed by atoms with Gasteiger partial charge in [0.05, 0.1) is 10.9 Å². The third-order valence-electron chi connectivity index (χ3n) is 4.03. The van der Waals surface area contributed by atoms with Crippen LogP contribution in [0.15, 0.2) is 29.2 Å². The molecule has 1 amide bonds. The fourth-order valence-electron chi connectivity index (χ4n) is 2.40. The van der Waals surface area contributed by atoms with Crippen LogP contribution in [-0.4, -0.2) is 31.7 Å². The van der Waals surface area contributed by atoms with Crippen LogP contribution in [0.25, 0.3) is 0 Å². The Morgan fingerprint density at radius 3 is 2.23 bits per heavy atom. The molecular weight excluding hydrogens is 300 g/mol. The molecule has 1 N–H and O–H groups in total. The smallest absolute Gasteiger partial charge is 0.243 e. The molecule has 0 bridgehead atoms. The summed E-state index contributed by atoms with van der Waals surface area (Å²) in [7, 11) is -3.42. The molecule has 0 heterocycles. The average molecular weight is 324 g/mol. The lowest BCUT2D eigenvalue weighted by molar-refractivity contribution is -0.122. The van der Waals surface area contributed by atoms with Gasteiger partial charge in [0.2, 0.25) is 15.9 Å². The lowest BCUT2D eigenvalue weighted by Gasteiger charge is -2.19. The largest absolute Gasteiger partial charge is 0.349 e. The Morgan fingerprint density at radius 1 is 1.23 bits per heavy atom. The minimum absolute atomic E-state index is 0.0901. The Kier molecular flexibility index (Phi) is 5.24. The second-order valence-electron chi connectivity index (χ2n) is 5.66. The summed E-state index contributed by atoms with van der Waals surface area (Å²) in [5, 5.41) is 2.96. The lowest BCUT2D eigenvalue weighted by atomic mass is 10.1. The van der Waals surface area contributed by atoms with Crippen LogP contribution in [-0.2, 0) is 14.8 Å². The number of amides is 1. The molecule has 1 saturated carbocycles. The summed E-state index contributed by atoms with van der Waals surface area (Å²) in [5.74, 6) is 0.261. The molecule has 1 fully saturated rings. The van der Waals surface area contributed by atoms with E-state index in [9.17, 15) is 13.2 Å². The van der Waals surface area contributed by atoms with Crippen LogP contribution in [0.2, 0.25) is 0 Å². The molecule has 0 saturated heterocycles. The van der Waals surface area contributed by atoms with E-state index in [1.165, 1.54) is 4.31 Å². The number of benzene rings is 1. The molecule has 1 aliphatic carbocycles. The fourth-order valence-corrected chi connectivity index (χ4v) is 3.86. The molecule has 2 rings (SSSR count). The van der Waals surface area contributed by atoms with Crippen LogP contribution >= 0.6 is 0 Å². The van der Waals surface area contributed by atoms with E-state index in [2.05, 4.69) is 5.32 Å². The van der Waals surface area contributed by atoms with Gasteiger partial charge in [0.1, 0.15) is 0 Å². The molecule has 5 nitrogen and oxygen atoms in total. The molecule has 0 aliphatic heterocycles. The highest BCUT2D eigenvalue weighted by molar-refractivity contribution is 7.89. The number of rotatable bonds is 7. The van der Waals surface area contributed by atoms with Crippen molar-refractivity contribution in [3.63, 3.8) is 0 Å². The predicted octanol–water partition coefficient (Wildman–Crippen LogP) is 2.30. The molecule has 1 atom stereocenters. The minimum atomic E-state index is -3.42. The zero-order valence-corrected chi connectivity index (χ0v) is 14.2. The number of hydrogen-bond acceptors (Lipinski definition) is 3. The first-order valence-electron chi connectivity index (χ1n) is 7.80. The summed E-state index contributed by atoms with van der Waals surface area (Å²) in [4.78, 5) is 12.1. The zero-order chi connectivity index (χ0) is 16.3. The van der Waals surface area contributed by atoms with Gasteiger partial charge in [-0.3, -0.25) is 4.79 Å². The quantitative estimate of drug-likeness (QED) is 0.837. The van der Waals surface area contributed by atoms with Gasteiger partial charge in [0, 0.05) is 19.0 Å². The van der Waals surface area contributed by atoms with Crippen molar-refractivity contribution >= 4 is 15.9 Å². The molecule has 6 heteroatoms. The first-order chi connectivity index (χ1) is 10.4. The fraction of sp³-hybridized carbons (Fsp3) is 0.562. The van der Waals surface area contributed by atoms with Gasteiger partial charge in [-0.05, 0) is 37.5 Å². The van der Waals surface area contributed by atoms with Crippen molar-refractivity contribution in [2.24, 2.45) is 5.92 Å². The van der Waals surface area contributed by atoms with Crippen LogP contribution in [0.1, 0.15) is 45.2 Å². The normalized spacial score (nSPS) is 16.5. The highest BCUT2D eigenvalue weighted by atomic mass is 32.2. The Bertz CT molecular complexity index is 617. The van der Waals surface area contributed by atoms with Gasteiger partial charge in [0.15, 0.2) is 0 Å². The maximum atomic E-state index is 12.4. The van der Waals surface area contributed by atoms with Crippen molar-refractivity contribution in [1.29, 1.82) is 0 Å². The zero-order valence-electron chi connectivity index (χ0n) is 13.4. The van der Waals surface area contributed by atoms with Crippen LogP contribution in [0.3, 0.4) is 0 Å². The van der Waals surface area contributed by atoms with Crippen molar-refractivity contribution in [3.05, 3.63) is 29.8 Å². The topological polar surface area (TPSA) is 66.5 Å². The van der Waals surface area contributed by atoms with E-state index in [4.69, 9.17) is 0 Å². The first kappa shape index (κ1) is 17.0. The van der Waals surface area contributed by atoms with E-state index in [1.807, 2.05) is 20.8 Å². The predicted molar refractivity (Wildman–Crippen MR) is 85.8 cm³/mol. The monoisotopic (exact) mass is 324 g/mol. The molecule has 0 radical (unpaired) electrons. The average Bonchev–Trinajstić information content (AvgIpc) is 3.33. The highest BCUT2D eigenvalue weighted by Gasteiger charge is 2.30. The lowest BCUT2D eigenvalue weighted by Crippen LogP contribution is -2.30. The standard InChI is InChI=1S/C16H24N2O3S/c1-4-18(5-2)22(20,21)15-10-8-13(9-11-15)12(3)17-16(19)14-6-7-14/h8-12,14H,4-7H2,1-3H3,(H,17,19)/t12-/m1/s1. The van der Waals surface area contributed by atoms with Gasteiger partial charge in [-0.15, -0.1) is 0 Å². The van der Waals surface area contributed by atoms with E-state index in [0.717, 1.165) is 18.4 Å². The summed E-state index contributed by atoms with van der Waals surface area (Å²) < 4.78 is 26.2. The van der Waals surface area contributed by atoms with E-state index >= 15 is 0 Å². The molecule has 1 aliphatic rings. The van der Waals surface area contributed by atoms with Crippen LogP contribution < -0.4 is 5.32 Å². The summed E-state index contributed by atoms with van der Waals surface area (Å²) in [5.41, 5.74) is 0.910. The van der Waals surface area contributed by atoms with Gasteiger partial charge < -0.3 is 5.32 Å². The molecule has 0 unspecified atom stereocenters. The van der Waals surface area contributed by atoms with E-state index in [1.54, 1.807) is 24.3 Å². The molecule has 1 aromatic rings.